The van der Waals surface area contributed by atoms with Crippen LogP contribution >= 0.6 is 0 Å². The first kappa shape index (κ1) is 36.9. The van der Waals surface area contributed by atoms with Gasteiger partial charge < -0.3 is 4.98 Å². The van der Waals surface area contributed by atoms with E-state index in [1.54, 1.807) is 35.9 Å². The van der Waals surface area contributed by atoms with Crippen LogP contribution in [0.4, 0.5) is 0 Å². The van der Waals surface area contributed by atoms with Crippen molar-refractivity contribution < 1.29 is 32.6 Å². The first-order chi connectivity index (χ1) is 21.2. The summed E-state index contributed by atoms with van der Waals surface area (Å²) in [5.41, 5.74) is 6.75. The largest absolute Gasteiger partial charge is 0.357 e. The molecule has 0 saturated heterocycles. The lowest BCUT2D eigenvalue weighted by Gasteiger charge is -2.30. The molecule has 0 unspecified atom stereocenters. The topological polar surface area (TPSA) is 169 Å². The molecule has 3 amide bonds. The molecule has 0 aliphatic carbocycles. The van der Waals surface area contributed by atoms with Crippen molar-refractivity contribution in [2.24, 2.45) is 23.7 Å². The van der Waals surface area contributed by atoms with Gasteiger partial charge in [0.1, 0.15) is 5.69 Å². The quantitative estimate of drug-likeness (QED) is 0.102. The number of hydrazine groups is 1. The van der Waals surface area contributed by atoms with Gasteiger partial charge in [0, 0.05) is 12.7 Å². The van der Waals surface area contributed by atoms with E-state index in [2.05, 4.69) is 10.4 Å². The number of hydroxylamine groups is 1. The van der Waals surface area contributed by atoms with Crippen LogP contribution in [-0.4, -0.2) is 52.4 Å². The highest BCUT2D eigenvalue weighted by Crippen LogP contribution is 2.26. The van der Waals surface area contributed by atoms with Crippen LogP contribution in [0.1, 0.15) is 62.2 Å². The molecule has 2 aromatic carbocycles. The molecule has 1 aromatic heterocycles. The number of aromatic nitrogens is 1. The zero-order valence-corrected chi connectivity index (χ0v) is 27.1. The van der Waals surface area contributed by atoms with E-state index in [0.717, 1.165) is 11.1 Å². The molecule has 0 aliphatic heterocycles. The normalized spacial score (nSPS) is 12.7. The van der Waals surface area contributed by atoms with Gasteiger partial charge in [-0.2, -0.15) is 8.42 Å². The second kappa shape index (κ2) is 17.9. The van der Waals surface area contributed by atoms with Crippen molar-refractivity contribution in [3.8, 4) is 0 Å². The summed E-state index contributed by atoms with van der Waals surface area (Å²) in [6, 6.07) is 19.0. The molecule has 5 N–H and O–H groups in total. The third-order valence-corrected chi connectivity index (χ3v) is 7.55. The van der Waals surface area contributed by atoms with Crippen molar-refractivity contribution in [3.63, 3.8) is 0 Å². The third kappa shape index (κ3) is 12.7. The molecule has 0 saturated carbocycles. The fraction of sp³-hybridized carbons (Fsp3) is 0.364. The Kier molecular flexibility index (Phi) is 14.7. The monoisotopic (exact) mass is 640 g/mol. The van der Waals surface area contributed by atoms with Gasteiger partial charge in [-0.3, -0.25) is 29.6 Å². The number of allylic oxidation sites excluding steroid dienone is 1. The van der Waals surface area contributed by atoms with Gasteiger partial charge in [-0.1, -0.05) is 87.9 Å². The van der Waals surface area contributed by atoms with Crippen molar-refractivity contribution in [2.45, 2.75) is 52.4 Å². The predicted octanol–water partition coefficient (Wildman–Crippen LogP) is 5.27. The van der Waals surface area contributed by atoms with E-state index in [1.807, 2.05) is 77.1 Å². The van der Waals surface area contributed by atoms with E-state index in [0.29, 0.717) is 18.7 Å². The van der Waals surface area contributed by atoms with Gasteiger partial charge in [-0.25, -0.2) is 10.5 Å². The fourth-order valence-electron chi connectivity index (χ4n) is 4.49. The molecule has 2 atom stereocenters. The van der Waals surface area contributed by atoms with Gasteiger partial charge in [0.05, 0.1) is 16.7 Å². The van der Waals surface area contributed by atoms with Crippen molar-refractivity contribution in [1.82, 2.24) is 20.9 Å². The predicted molar refractivity (Wildman–Crippen MR) is 172 cm³/mol. The minimum Gasteiger partial charge on any atom is -0.357 e. The van der Waals surface area contributed by atoms with Gasteiger partial charge in [0.15, 0.2) is 0 Å². The lowest BCUT2D eigenvalue weighted by Crippen LogP contribution is -2.52. The van der Waals surface area contributed by atoms with E-state index in [-0.39, 0.29) is 29.1 Å². The standard InChI is InChI=1S/C26H36N4O4.C7H8O3S/c1-18(2)16-22(21(25(32)29-34)13-8-12-20-10-6-5-7-11-20)24(31)28-30(17-19(3)4)26(33)23-14-9-15-27-23;1-6-2-4-7(5-3-6)11(8,9)10/h5-12,14-15,18-19,21-22,27,34H,13,16-17H2,1-4H3,(H,28,31)(H,29,32);2-5H,1H3,(H,8,9,10)/b12-8+;/t21-,22+;/m0./s1. The van der Waals surface area contributed by atoms with Gasteiger partial charge in [-0.05, 0) is 61.4 Å². The van der Waals surface area contributed by atoms with Gasteiger partial charge in [0.2, 0.25) is 11.8 Å². The average molecular weight is 641 g/mol. The molecule has 244 valence electrons. The molecule has 3 rings (SSSR count). The Morgan fingerprint density at radius 3 is 2.04 bits per heavy atom. The van der Waals surface area contributed by atoms with Crippen molar-refractivity contribution >= 4 is 33.9 Å². The Balaban J connectivity index is 0.000000537. The zero-order valence-electron chi connectivity index (χ0n) is 26.3. The van der Waals surface area contributed by atoms with E-state index >= 15 is 0 Å². The minimum atomic E-state index is -4.02. The average Bonchev–Trinajstić information content (AvgIpc) is 3.53. The summed E-state index contributed by atoms with van der Waals surface area (Å²) >= 11 is 0. The second-order valence-electron chi connectivity index (χ2n) is 11.5. The number of carbonyl (C=O) groups is 3. The number of rotatable bonds is 12. The van der Waals surface area contributed by atoms with Gasteiger partial charge in [0.25, 0.3) is 16.0 Å². The highest BCUT2D eigenvalue weighted by atomic mass is 32.2. The summed E-state index contributed by atoms with van der Waals surface area (Å²) in [5, 5.41) is 10.7. The number of H-pyrrole nitrogens is 1. The summed E-state index contributed by atoms with van der Waals surface area (Å²) < 4.78 is 29.6. The summed E-state index contributed by atoms with van der Waals surface area (Å²) in [7, 11) is -4.02. The van der Waals surface area contributed by atoms with Crippen molar-refractivity contribution in [1.29, 1.82) is 0 Å². The summed E-state index contributed by atoms with van der Waals surface area (Å²) in [6.45, 7) is 9.97. The Labute approximate surface area is 265 Å². The molecule has 1 heterocycles. The molecule has 45 heavy (non-hydrogen) atoms. The number of benzene rings is 2. The first-order valence-electron chi connectivity index (χ1n) is 14.7. The van der Waals surface area contributed by atoms with Gasteiger partial charge >= 0.3 is 0 Å². The number of hydrogen-bond acceptors (Lipinski definition) is 6. The van der Waals surface area contributed by atoms with Crippen LogP contribution in [0.2, 0.25) is 0 Å². The molecule has 0 bridgehead atoms. The lowest BCUT2D eigenvalue weighted by atomic mass is 9.82. The molecule has 11 nitrogen and oxygen atoms in total. The maximum Gasteiger partial charge on any atom is 0.294 e. The number of nitrogens with zero attached hydrogens (tertiary/aromatic N) is 1. The molecule has 0 spiro atoms. The van der Waals surface area contributed by atoms with E-state index in [9.17, 15) is 28.0 Å². The summed E-state index contributed by atoms with van der Waals surface area (Å²) in [4.78, 5) is 41.8. The van der Waals surface area contributed by atoms with Crippen molar-refractivity contribution in [3.05, 3.63) is 95.8 Å². The Morgan fingerprint density at radius 2 is 1.53 bits per heavy atom. The zero-order chi connectivity index (χ0) is 33.6. The number of aromatic amines is 1. The molecule has 0 radical (unpaired) electrons. The molecule has 12 heteroatoms. The molecule has 0 aliphatic rings. The maximum atomic E-state index is 13.4. The van der Waals surface area contributed by atoms with Crippen molar-refractivity contribution in [2.75, 3.05) is 6.54 Å². The molecule has 3 aromatic rings. The Bertz CT molecular complexity index is 1490. The fourth-order valence-corrected chi connectivity index (χ4v) is 4.97. The second-order valence-corrected chi connectivity index (χ2v) is 12.9. The van der Waals surface area contributed by atoms with Crippen LogP contribution < -0.4 is 10.9 Å². The van der Waals surface area contributed by atoms with Crippen LogP contribution in [0.3, 0.4) is 0 Å². The van der Waals surface area contributed by atoms with Crippen LogP contribution in [0.25, 0.3) is 6.08 Å². The van der Waals surface area contributed by atoms with Crippen LogP contribution in [0.15, 0.2) is 83.9 Å². The molecular formula is C33H44N4O7S. The SMILES string of the molecule is CC(C)C[C@@H](C(=O)NN(CC(C)C)C(=O)c1ccc[nH]1)[C@H](C/C=C/c1ccccc1)C(=O)NO.Cc1ccc(S(=O)(=O)O)cc1. The number of aryl methyl sites for hydroxylation is 1. The maximum absolute atomic E-state index is 13.4. The van der Waals surface area contributed by atoms with E-state index in [4.69, 9.17) is 4.55 Å². The number of amides is 3. The smallest absolute Gasteiger partial charge is 0.294 e. The minimum absolute atomic E-state index is 0.0666. The molecular weight excluding hydrogens is 596 g/mol. The lowest BCUT2D eigenvalue weighted by molar-refractivity contribution is -0.142. The number of hydrogen-bond donors (Lipinski definition) is 5. The highest BCUT2D eigenvalue weighted by Gasteiger charge is 2.35. The van der Waals surface area contributed by atoms with E-state index < -0.39 is 33.8 Å². The Hall–Kier alpha value is -4.26. The summed E-state index contributed by atoms with van der Waals surface area (Å²) in [5.74, 6) is -2.77. The van der Waals surface area contributed by atoms with Crippen LogP contribution in [-0.2, 0) is 19.7 Å². The van der Waals surface area contributed by atoms with Gasteiger partial charge in [-0.15, -0.1) is 0 Å². The van der Waals surface area contributed by atoms with Crippen LogP contribution in [0.5, 0.6) is 0 Å². The molecule has 0 fully saturated rings. The number of nitrogens with one attached hydrogen (secondary N) is 3. The summed E-state index contributed by atoms with van der Waals surface area (Å²) in [6.07, 6.45) is 6.01. The van der Waals surface area contributed by atoms with Crippen LogP contribution in [0, 0.1) is 30.6 Å². The van der Waals surface area contributed by atoms with E-state index in [1.165, 1.54) is 17.1 Å². The number of carbonyl (C=O) groups excluding carboxylic acids is 3. The Morgan fingerprint density at radius 1 is 0.889 bits per heavy atom. The first-order valence-corrected chi connectivity index (χ1v) is 16.1. The third-order valence-electron chi connectivity index (χ3n) is 6.68. The highest BCUT2D eigenvalue weighted by molar-refractivity contribution is 7.85.